The van der Waals surface area contributed by atoms with Gasteiger partial charge in [0, 0.05) is 18.0 Å². The highest BCUT2D eigenvalue weighted by molar-refractivity contribution is 7.91. The van der Waals surface area contributed by atoms with Crippen molar-refractivity contribution in [3.05, 3.63) is 17.5 Å². The van der Waals surface area contributed by atoms with E-state index in [2.05, 4.69) is 5.16 Å². The van der Waals surface area contributed by atoms with E-state index in [0.29, 0.717) is 19.4 Å². The number of sulfone groups is 1. The van der Waals surface area contributed by atoms with Gasteiger partial charge in [-0.15, -0.1) is 0 Å². The second-order valence-electron chi connectivity index (χ2n) is 3.85. The Balaban J connectivity index is 2.14. The van der Waals surface area contributed by atoms with Gasteiger partial charge >= 0.3 is 0 Å². The van der Waals surface area contributed by atoms with E-state index in [4.69, 9.17) is 10.3 Å². The van der Waals surface area contributed by atoms with Crippen molar-refractivity contribution in [3.63, 3.8) is 0 Å². The molecule has 2 heterocycles. The summed E-state index contributed by atoms with van der Waals surface area (Å²) in [6.45, 7) is 0.391. The molecule has 0 spiro atoms. The predicted molar refractivity (Wildman–Crippen MR) is 55.0 cm³/mol. The van der Waals surface area contributed by atoms with Crippen LogP contribution in [0.5, 0.6) is 0 Å². The van der Waals surface area contributed by atoms with Crippen molar-refractivity contribution < 1.29 is 12.9 Å². The van der Waals surface area contributed by atoms with Crippen LogP contribution in [0.15, 0.2) is 10.7 Å². The van der Waals surface area contributed by atoms with Gasteiger partial charge in [0.25, 0.3) is 0 Å². The highest BCUT2D eigenvalue weighted by atomic mass is 32.2. The number of hydrogen-bond acceptors (Lipinski definition) is 5. The fourth-order valence-electron chi connectivity index (χ4n) is 1.91. The third kappa shape index (κ3) is 2.21. The fourth-order valence-corrected chi connectivity index (χ4v) is 3.40. The van der Waals surface area contributed by atoms with Gasteiger partial charge in [-0.3, -0.25) is 0 Å². The van der Waals surface area contributed by atoms with E-state index in [0.717, 1.165) is 11.3 Å². The molecule has 1 aromatic rings. The largest absolute Gasteiger partial charge is 0.361 e. The van der Waals surface area contributed by atoms with E-state index in [1.165, 1.54) is 0 Å². The zero-order valence-electron chi connectivity index (χ0n) is 8.35. The Morgan fingerprint density at radius 2 is 2.13 bits per heavy atom. The Hall–Kier alpha value is -0.880. The Morgan fingerprint density at radius 3 is 2.73 bits per heavy atom. The van der Waals surface area contributed by atoms with Crippen LogP contribution in [0.2, 0.25) is 0 Å². The van der Waals surface area contributed by atoms with E-state index in [1.807, 2.05) is 0 Å². The number of rotatable bonds is 2. The first kappa shape index (κ1) is 10.6. The SMILES string of the molecule is NCc1cnoc1C1CCS(=O)(=O)CC1. The third-order valence-corrected chi connectivity index (χ3v) is 4.54. The number of nitrogens with zero attached hydrogens (tertiary/aromatic N) is 1. The standard InChI is InChI=1S/C9H14N2O3S/c10-5-8-6-11-14-9(8)7-1-3-15(12,13)4-2-7/h6-7H,1-5,10H2. The maximum absolute atomic E-state index is 11.2. The molecule has 0 saturated carbocycles. The molecule has 1 aromatic heterocycles. The summed E-state index contributed by atoms with van der Waals surface area (Å²) in [5, 5.41) is 3.70. The van der Waals surface area contributed by atoms with Gasteiger partial charge in [-0.05, 0) is 12.8 Å². The minimum atomic E-state index is -2.82. The Labute approximate surface area is 88.5 Å². The molecule has 15 heavy (non-hydrogen) atoms. The molecule has 1 saturated heterocycles. The number of aromatic nitrogens is 1. The average molecular weight is 230 g/mol. The normalized spacial score (nSPS) is 21.7. The quantitative estimate of drug-likeness (QED) is 0.796. The van der Waals surface area contributed by atoms with Crippen LogP contribution in [0.25, 0.3) is 0 Å². The Kier molecular flexibility index (Phi) is 2.79. The van der Waals surface area contributed by atoms with Crippen molar-refractivity contribution in [2.24, 2.45) is 5.73 Å². The van der Waals surface area contributed by atoms with Crippen LogP contribution in [0.3, 0.4) is 0 Å². The molecule has 0 aliphatic carbocycles. The summed E-state index contributed by atoms with van der Waals surface area (Å²) in [5.41, 5.74) is 6.43. The molecule has 2 N–H and O–H groups in total. The van der Waals surface area contributed by atoms with E-state index in [9.17, 15) is 8.42 Å². The van der Waals surface area contributed by atoms with Crippen molar-refractivity contribution >= 4 is 9.84 Å². The lowest BCUT2D eigenvalue weighted by atomic mass is 9.97. The first-order valence-corrected chi connectivity index (χ1v) is 6.78. The van der Waals surface area contributed by atoms with Crippen LogP contribution in [0.4, 0.5) is 0 Å². The van der Waals surface area contributed by atoms with Crippen LogP contribution in [-0.2, 0) is 16.4 Å². The molecule has 0 aromatic carbocycles. The molecular formula is C9H14N2O3S. The molecular weight excluding hydrogens is 216 g/mol. The fraction of sp³-hybridized carbons (Fsp3) is 0.667. The van der Waals surface area contributed by atoms with Gasteiger partial charge in [0.05, 0.1) is 17.7 Å². The van der Waals surface area contributed by atoms with E-state index < -0.39 is 9.84 Å². The lowest BCUT2D eigenvalue weighted by Crippen LogP contribution is -2.22. The van der Waals surface area contributed by atoms with Crippen LogP contribution >= 0.6 is 0 Å². The lowest BCUT2D eigenvalue weighted by Gasteiger charge is -2.20. The van der Waals surface area contributed by atoms with Gasteiger partial charge in [0.15, 0.2) is 0 Å². The molecule has 0 amide bonds. The van der Waals surface area contributed by atoms with Crippen molar-refractivity contribution in [1.29, 1.82) is 0 Å². The third-order valence-electron chi connectivity index (χ3n) is 2.82. The highest BCUT2D eigenvalue weighted by Crippen LogP contribution is 2.30. The Bertz CT molecular complexity index is 424. The predicted octanol–water partition coefficient (Wildman–Crippen LogP) is 0.425. The van der Waals surface area contributed by atoms with Crippen LogP contribution < -0.4 is 5.73 Å². The monoisotopic (exact) mass is 230 g/mol. The topological polar surface area (TPSA) is 86.2 Å². The smallest absolute Gasteiger partial charge is 0.150 e. The molecule has 2 rings (SSSR count). The molecule has 0 bridgehead atoms. The van der Waals surface area contributed by atoms with E-state index in [1.54, 1.807) is 6.20 Å². The summed E-state index contributed by atoms with van der Waals surface area (Å²) in [4.78, 5) is 0. The van der Waals surface area contributed by atoms with Gasteiger partial charge in [-0.2, -0.15) is 0 Å². The second-order valence-corrected chi connectivity index (χ2v) is 6.15. The van der Waals surface area contributed by atoms with Crippen molar-refractivity contribution in [3.8, 4) is 0 Å². The van der Waals surface area contributed by atoms with Crippen molar-refractivity contribution in [2.75, 3.05) is 11.5 Å². The first-order valence-electron chi connectivity index (χ1n) is 4.96. The summed E-state index contributed by atoms with van der Waals surface area (Å²) in [7, 11) is -2.82. The maximum Gasteiger partial charge on any atom is 0.150 e. The molecule has 84 valence electrons. The highest BCUT2D eigenvalue weighted by Gasteiger charge is 2.28. The number of hydrogen-bond donors (Lipinski definition) is 1. The summed E-state index contributed by atoms with van der Waals surface area (Å²) >= 11 is 0. The van der Waals surface area contributed by atoms with Crippen molar-refractivity contribution in [1.82, 2.24) is 5.16 Å². The van der Waals surface area contributed by atoms with Gasteiger partial charge < -0.3 is 10.3 Å². The lowest BCUT2D eigenvalue weighted by molar-refractivity contribution is 0.348. The number of nitrogens with two attached hydrogens (primary N) is 1. The van der Waals surface area contributed by atoms with Crippen LogP contribution in [-0.4, -0.2) is 25.1 Å². The molecule has 5 nitrogen and oxygen atoms in total. The molecule has 6 heteroatoms. The van der Waals surface area contributed by atoms with Crippen molar-refractivity contribution in [2.45, 2.75) is 25.3 Å². The van der Waals surface area contributed by atoms with E-state index in [-0.39, 0.29) is 17.4 Å². The molecule has 1 fully saturated rings. The van der Waals surface area contributed by atoms with Gasteiger partial charge in [0.1, 0.15) is 15.6 Å². The maximum atomic E-state index is 11.2. The minimum Gasteiger partial charge on any atom is -0.361 e. The molecule has 1 aliphatic heterocycles. The van der Waals surface area contributed by atoms with Crippen LogP contribution in [0.1, 0.15) is 30.1 Å². The molecule has 0 radical (unpaired) electrons. The molecule has 0 atom stereocenters. The molecule has 1 aliphatic rings. The zero-order valence-corrected chi connectivity index (χ0v) is 9.16. The summed E-state index contributed by atoms with van der Waals surface area (Å²) in [6, 6.07) is 0. The summed E-state index contributed by atoms with van der Waals surface area (Å²) in [5.74, 6) is 1.41. The first-order chi connectivity index (χ1) is 7.12. The average Bonchev–Trinajstić information content (AvgIpc) is 2.65. The Morgan fingerprint density at radius 1 is 1.47 bits per heavy atom. The summed E-state index contributed by atoms with van der Waals surface area (Å²) < 4.78 is 27.6. The van der Waals surface area contributed by atoms with Gasteiger partial charge in [-0.25, -0.2) is 8.42 Å². The van der Waals surface area contributed by atoms with E-state index >= 15 is 0 Å². The van der Waals surface area contributed by atoms with Gasteiger partial charge in [0.2, 0.25) is 0 Å². The zero-order chi connectivity index (χ0) is 10.9. The minimum absolute atomic E-state index is 0.162. The van der Waals surface area contributed by atoms with Crippen LogP contribution in [0, 0.1) is 0 Å². The van der Waals surface area contributed by atoms with Gasteiger partial charge in [-0.1, -0.05) is 5.16 Å². The molecule has 0 unspecified atom stereocenters. The summed E-state index contributed by atoms with van der Waals surface area (Å²) in [6.07, 6.45) is 2.84. The second kappa shape index (κ2) is 3.94.